The minimum absolute atomic E-state index is 0.215. The molecule has 4 nitrogen and oxygen atoms in total. The van der Waals surface area contributed by atoms with Crippen molar-refractivity contribution in [3.63, 3.8) is 0 Å². The summed E-state index contributed by atoms with van der Waals surface area (Å²) in [5, 5.41) is -0.397. The van der Waals surface area contributed by atoms with Crippen molar-refractivity contribution < 1.29 is 8.42 Å². The molecule has 1 aliphatic rings. The van der Waals surface area contributed by atoms with Crippen molar-refractivity contribution >= 4 is 10.0 Å². The van der Waals surface area contributed by atoms with Gasteiger partial charge < -0.3 is 5.73 Å². The van der Waals surface area contributed by atoms with E-state index in [1.165, 1.54) is 0 Å². The number of aryl methyl sites for hydroxylation is 1. The van der Waals surface area contributed by atoms with Crippen LogP contribution in [-0.4, -0.2) is 31.1 Å². The van der Waals surface area contributed by atoms with Crippen LogP contribution in [0.4, 0.5) is 0 Å². The van der Waals surface area contributed by atoms with Gasteiger partial charge in [-0.15, -0.1) is 0 Å². The van der Waals surface area contributed by atoms with E-state index in [1.54, 1.807) is 4.31 Å². The second-order valence-corrected chi connectivity index (χ2v) is 6.66. The minimum atomic E-state index is -3.18. The van der Waals surface area contributed by atoms with Crippen molar-refractivity contribution in [2.24, 2.45) is 5.73 Å². The van der Waals surface area contributed by atoms with Gasteiger partial charge in [0.05, 0.1) is 5.25 Å². The molecular formula is C12H18N2O2S. The molecule has 0 bridgehead atoms. The Kier molecular flexibility index (Phi) is 3.51. The van der Waals surface area contributed by atoms with Crippen LogP contribution >= 0.6 is 0 Å². The van der Waals surface area contributed by atoms with Gasteiger partial charge in [-0.3, -0.25) is 0 Å². The van der Waals surface area contributed by atoms with E-state index in [-0.39, 0.29) is 6.54 Å². The van der Waals surface area contributed by atoms with Crippen LogP contribution in [0.5, 0.6) is 0 Å². The minimum Gasteiger partial charge on any atom is -0.329 e. The van der Waals surface area contributed by atoms with Crippen molar-refractivity contribution in [3.05, 3.63) is 35.4 Å². The second kappa shape index (κ2) is 4.76. The predicted molar refractivity (Wildman–Crippen MR) is 68.0 cm³/mol. The number of sulfonamides is 1. The fourth-order valence-corrected chi connectivity index (χ4v) is 3.91. The molecule has 2 N–H and O–H groups in total. The van der Waals surface area contributed by atoms with Crippen LogP contribution < -0.4 is 5.73 Å². The smallest absolute Gasteiger partial charge is 0.218 e. The van der Waals surface area contributed by atoms with E-state index in [4.69, 9.17) is 5.73 Å². The molecule has 0 saturated carbocycles. The fraction of sp³-hybridized carbons (Fsp3) is 0.500. The summed E-state index contributed by atoms with van der Waals surface area (Å²) in [6.07, 6.45) is 0.644. The lowest BCUT2D eigenvalue weighted by Gasteiger charge is -2.17. The lowest BCUT2D eigenvalue weighted by Crippen LogP contribution is -2.33. The van der Waals surface area contributed by atoms with Crippen LogP contribution in [0.3, 0.4) is 0 Å². The molecule has 0 amide bonds. The Bertz CT molecular complexity index is 499. The third kappa shape index (κ3) is 2.36. The van der Waals surface area contributed by atoms with E-state index >= 15 is 0 Å². The lowest BCUT2D eigenvalue weighted by molar-refractivity contribution is 0.439. The largest absolute Gasteiger partial charge is 0.329 e. The third-order valence-corrected chi connectivity index (χ3v) is 5.65. The van der Waals surface area contributed by atoms with Gasteiger partial charge in [-0.05, 0) is 24.5 Å². The number of nitrogens with zero attached hydrogens (tertiary/aromatic N) is 1. The molecule has 1 aliphatic heterocycles. The highest BCUT2D eigenvalue weighted by atomic mass is 32.2. The average molecular weight is 254 g/mol. The van der Waals surface area contributed by atoms with Gasteiger partial charge in [-0.25, -0.2) is 8.42 Å². The lowest BCUT2D eigenvalue weighted by atomic mass is 10.1. The zero-order chi connectivity index (χ0) is 12.5. The molecule has 1 atom stereocenters. The first-order valence-corrected chi connectivity index (χ1v) is 7.29. The van der Waals surface area contributed by atoms with Crippen LogP contribution in [0.2, 0.25) is 0 Å². The summed E-state index contributed by atoms with van der Waals surface area (Å²) in [4.78, 5) is 0. The third-order valence-electron chi connectivity index (χ3n) is 3.35. The molecule has 0 spiro atoms. The number of hydrogen-bond donors (Lipinski definition) is 1. The number of benzene rings is 1. The maximum Gasteiger partial charge on any atom is 0.218 e. The van der Waals surface area contributed by atoms with E-state index in [0.29, 0.717) is 19.5 Å². The molecule has 94 valence electrons. The van der Waals surface area contributed by atoms with E-state index < -0.39 is 15.3 Å². The Morgan fingerprint density at radius 3 is 2.71 bits per heavy atom. The predicted octanol–water partition coefficient (Wildman–Crippen LogP) is 0.858. The summed E-state index contributed by atoms with van der Waals surface area (Å²) in [6.45, 7) is 3.26. The summed E-state index contributed by atoms with van der Waals surface area (Å²) in [5.74, 6) is 0. The zero-order valence-corrected chi connectivity index (χ0v) is 10.8. The summed E-state index contributed by atoms with van der Waals surface area (Å²) < 4.78 is 25.7. The Labute approximate surface area is 102 Å². The van der Waals surface area contributed by atoms with Crippen molar-refractivity contribution in [1.82, 2.24) is 4.31 Å². The highest BCUT2D eigenvalue weighted by Crippen LogP contribution is 2.24. The molecule has 1 unspecified atom stereocenters. The van der Waals surface area contributed by atoms with Crippen LogP contribution in [0.25, 0.3) is 0 Å². The molecule has 0 aliphatic carbocycles. The van der Waals surface area contributed by atoms with Crippen LogP contribution in [0.1, 0.15) is 17.5 Å². The maximum atomic E-state index is 12.1. The SMILES string of the molecule is Cc1ccccc1CN1CCC(CN)S1(=O)=O. The van der Waals surface area contributed by atoms with Gasteiger partial charge >= 0.3 is 0 Å². The summed E-state index contributed by atoms with van der Waals surface area (Å²) in [6, 6.07) is 7.87. The van der Waals surface area contributed by atoms with Gasteiger partial charge in [-0.1, -0.05) is 24.3 Å². The standard InChI is InChI=1S/C12H18N2O2S/c1-10-4-2-3-5-11(10)9-14-7-6-12(8-13)17(14,15)16/h2-5,12H,6-9,13H2,1H3. The van der Waals surface area contributed by atoms with Gasteiger partial charge in [0.15, 0.2) is 0 Å². The molecule has 0 radical (unpaired) electrons. The Morgan fingerprint density at radius 1 is 1.41 bits per heavy atom. The summed E-state index contributed by atoms with van der Waals surface area (Å²) >= 11 is 0. The highest BCUT2D eigenvalue weighted by Gasteiger charge is 2.37. The van der Waals surface area contributed by atoms with Gasteiger partial charge in [0.25, 0.3) is 0 Å². The molecule has 0 aromatic heterocycles. The van der Waals surface area contributed by atoms with Crippen molar-refractivity contribution in [2.75, 3.05) is 13.1 Å². The van der Waals surface area contributed by atoms with Crippen molar-refractivity contribution in [3.8, 4) is 0 Å². The van der Waals surface area contributed by atoms with Crippen LogP contribution in [-0.2, 0) is 16.6 Å². The molecule has 2 rings (SSSR count). The Hall–Kier alpha value is -0.910. The quantitative estimate of drug-likeness (QED) is 0.870. The fourth-order valence-electron chi connectivity index (χ4n) is 2.16. The molecule has 17 heavy (non-hydrogen) atoms. The summed E-state index contributed by atoms with van der Waals surface area (Å²) in [5.41, 5.74) is 7.68. The topological polar surface area (TPSA) is 63.4 Å². The molecule has 1 heterocycles. The van der Waals surface area contributed by atoms with Gasteiger partial charge in [0.1, 0.15) is 0 Å². The normalized spacial score (nSPS) is 24.0. The Balaban J connectivity index is 2.19. The average Bonchev–Trinajstić information content (AvgIpc) is 2.57. The first kappa shape index (κ1) is 12.5. The van der Waals surface area contributed by atoms with E-state index in [2.05, 4.69) is 0 Å². The molecule has 1 aromatic carbocycles. The molecule has 1 saturated heterocycles. The number of rotatable bonds is 3. The first-order valence-electron chi connectivity index (χ1n) is 5.79. The molecule has 5 heteroatoms. The molecule has 1 aromatic rings. The van der Waals surface area contributed by atoms with Gasteiger partial charge in [0.2, 0.25) is 10.0 Å². The number of hydrogen-bond acceptors (Lipinski definition) is 3. The van der Waals surface area contributed by atoms with Crippen molar-refractivity contribution in [1.29, 1.82) is 0 Å². The Morgan fingerprint density at radius 2 is 2.12 bits per heavy atom. The highest BCUT2D eigenvalue weighted by molar-refractivity contribution is 7.90. The summed E-state index contributed by atoms with van der Waals surface area (Å²) in [7, 11) is -3.18. The van der Waals surface area contributed by atoms with E-state index in [9.17, 15) is 8.42 Å². The van der Waals surface area contributed by atoms with Crippen LogP contribution in [0, 0.1) is 6.92 Å². The monoisotopic (exact) mass is 254 g/mol. The maximum absolute atomic E-state index is 12.1. The molecular weight excluding hydrogens is 236 g/mol. The first-order chi connectivity index (χ1) is 8.05. The van der Waals surface area contributed by atoms with Gasteiger partial charge in [0, 0.05) is 19.6 Å². The molecule has 1 fully saturated rings. The zero-order valence-electron chi connectivity index (χ0n) is 9.96. The van der Waals surface area contributed by atoms with E-state index in [0.717, 1.165) is 11.1 Å². The number of nitrogens with two attached hydrogens (primary N) is 1. The van der Waals surface area contributed by atoms with E-state index in [1.807, 2.05) is 31.2 Å². The van der Waals surface area contributed by atoms with Crippen LogP contribution in [0.15, 0.2) is 24.3 Å². The second-order valence-electron chi connectivity index (χ2n) is 4.45. The van der Waals surface area contributed by atoms with Crippen molar-refractivity contribution in [2.45, 2.75) is 25.1 Å². The van der Waals surface area contributed by atoms with Gasteiger partial charge in [-0.2, -0.15) is 4.31 Å².